The van der Waals surface area contributed by atoms with Crippen molar-refractivity contribution in [1.29, 1.82) is 0 Å². The highest BCUT2D eigenvalue weighted by molar-refractivity contribution is 5.82. The van der Waals surface area contributed by atoms with Gasteiger partial charge in [0.25, 0.3) is 0 Å². The van der Waals surface area contributed by atoms with E-state index in [1.54, 1.807) is 6.20 Å². The largest absolute Gasteiger partial charge is 0.349 e. The standard InChI is InChI=1S/C19H23N3O/c1-12(21-19(23)18-16-4-3-5-17(16)18)14-6-8-15(9-7-14)22-11-10-20-13(22)2/h6-12,16-18H,3-5H2,1-2H3,(H,21,23). The van der Waals surface area contributed by atoms with Gasteiger partial charge in [-0.3, -0.25) is 4.79 Å². The maximum atomic E-state index is 12.4. The van der Waals surface area contributed by atoms with Crippen molar-refractivity contribution in [1.82, 2.24) is 14.9 Å². The van der Waals surface area contributed by atoms with E-state index in [2.05, 4.69) is 46.1 Å². The predicted octanol–water partition coefficient (Wildman–Crippen LogP) is 3.40. The number of amides is 1. The second kappa shape index (κ2) is 5.52. The molecule has 3 unspecified atom stereocenters. The molecule has 0 bridgehead atoms. The van der Waals surface area contributed by atoms with Crippen molar-refractivity contribution in [2.24, 2.45) is 17.8 Å². The van der Waals surface area contributed by atoms with Crippen LogP contribution in [0.15, 0.2) is 36.7 Å². The molecular formula is C19H23N3O. The zero-order valence-electron chi connectivity index (χ0n) is 13.7. The SMILES string of the molecule is Cc1nccn1-c1ccc(C(C)NC(=O)C2C3CCCC32)cc1. The lowest BCUT2D eigenvalue weighted by molar-refractivity contribution is -0.123. The second-order valence-corrected chi connectivity index (χ2v) is 6.95. The maximum Gasteiger partial charge on any atom is 0.224 e. The van der Waals surface area contributed by atoms with Crippen molar-refractivity contribution in [3.8, 4) is 5.69 Å². The number of carbonyl (C=O) groups excluding carboxylic acids is 1. The molecule has 3 atom stereocenters. The average Bonchev–Trinajstić information content (AvgIpc) is 2.89. The number of nitrogens with one attached hydrogen (secondary N) is 1. The van der Waals surface area contributed by atoms with Crippen LogP contribution in [0, 0.1) is 24.7 Å². The molecule has 0 saturated heterocycles. The van der Waals surface area contributed by atoms with Crippen LogP contribution in [0.5, 0.6) is 0 Å². The third-order valence-electron chi connectivity index (χ3n) is 5.57. The van der Waals surface area contributed by atoms with Gasteiger partial charge in [-0.05, 0) is 56.2 Å². The molecule has 1 amide bonds. The Balaban J connectivity index is 1.41. The molecule has 0 radical (unpaired) electrons. The first-order chi connectivity index (χ1) is 11.1. The van der Waals surface area contributed by atoms with Gasteiger partial charge < -0.3 is 9.88 Å². The molecule has 0 aliphatic heterocycles. The molecule has 2 aromatic rings. The Kier molecular flexibility index (Phi) is 3.47. The molecule has 1 aromatic heterocycles. The lowest BCUT2D eigenvalue weighted by Crippen LogP contribution is -2.29. The van der Waals surface area contributed by atoms with Gasteiger partial charge in [0.1, 0.15) is 5.82 Å². The van der Waals surface area contributed by atoms with Crippen molar-refractivity contribution < 1.29 is 4.79 Å². The summed E-state index contributed by atoms with van der Waals surface area (Å²) in [5.74, 6) is 2.86. The third kappa shape index (κ3) is 2.56. The van der Waals surface area contributed by atoms with Gasteiger partial charge >= 0.3 is 0 Å². The summed E-state index contributed by atoms with van der Waals surface area (Å²) < 4.78 is 2.05. The summed E-state index contributed by atoms with van der Waals surface area (Å²) in [5, 5.41) is 3.19. The molecule has 120 valence electrons. The van der Waals surface area contributed by atoms with Crippen LogP contribution < -0.4 is 5.32 Å². The molecule has 2 fully saturated rings. The zero-order valence-corrected chi connectivity index (χ0v) is 13.7. The Morgan fingerprint density at radius 3 is 2.57 bits per heavy atom. The lowest BCUT2D eigenvalue weighted by Gasteiger charge is -2.16. The fourth-order valence-electron chi connectivity index (χ4n) is 4.18. The number of aryl methyl sites for hydroxylation is 1. The first kappa shape index (κ1) is 14.5. The van der Waals surface area contributed by atoms with Crippen LogP contribution in [0.1, 0.15) is 43.6 Å². The summed E-state index contributed by atoms with van der Waals surface area (Å²) in [4.78, 5) is 16.6. The fourth-order valence-corrected chi connectivity index (χ4v) is 4.18. The third-order valence-corrected chi connectivity index (χ3v) is 5.57. The number of aromatic nitrogens is 2. The molecular weight excluding hydrogens is 286 g/mol. The van der Waals surface area contributed by atoms with Crippen LogP contribution in [-0.2, 0) is 4.79 Å². The first-order valence-electron chi connectivity index (χ1n) is 8.56. The van der Waals surface area contributed by atoms with Crippen molar-refractivity contribution in [3.05, 3.63) is 48.0 Å². The number of hydrogen-bond acceptors (Lipinski definition) is 2. The van der Waals surface area contributed by atoms with Crippen LogP contribution in [0.4, 0.5) is 0 Å². The van der Waals surface area contributed by atoms with E-state index in [4.69, 9.17) is 0 Å². The fraction of sp³-hybridized carbons (Fsp3) is 0.474. The van der Waals surface area contributed by atoms with Gasteiger partial charge in [-0.1, -0.05) is 18.6 Å². The Bertz CT molecular complexity index is 708. The summed E-state index contributed by atoms with van der Waals surface area (Å²) >= 11 is 0. The Labute approximate surface area is 136 Å². The molecule has 1 N–H and O–H groups in total. The van der Waals surface area contributed by atoms with Gasteiger partial charge in [-0.25, -0.2) is 4.98 Å². The quantitative estimate of drug-likeness (QED) is 0.941. The molecule has 1 aromatic carbocycles. The van der Waals surface area contributed by atoms with Crippen LogP contribution in [0.3, 0.4) is 0 Å². The molecule has 2 aliphatic carbocycles. The van der Waals surface area contributed by atoms with E-state index >= 15 is 0 Å². The van der Waals surface area contributed by atoms with Gasteiger partial charge in [-0.15, -0.1) is 0 Å². The van der Waals surface area contributed by atoms with E-state index in [9.17, 15) is 4.79 Å². The summed E-state index contributed by atoms with van der Waals surface area (Å²) in [7, 11) is 0. The number of rotatable bonds is 4. The number of fused-ring (bicyclic) bond motifs is 1. The predicted molar refractivity (Wildman–Crippen MR) is 89.2 cm³/mol. The van der Waals surface area contributed by atoms with E-state index in [1.807, 2.05) is 13.1 Å². The molecule has 4 heteroatoms. The van der Waals surface area contributed by atoms with E-state index < -0.39 is 0 Å². The van der Waals surface area contributed by atoms with Gasteiger partial charge in [-0.2, -0.15) is 0 Å². The molecule has 1 heterocycles. The van der Waals surface area contributed by atoms with E-state index in [0.717, 1.165) is 17.1 Å². The monoisotopic (exact) mass is 309 g/mol. The van der Waals surface area contributed by atoms with Gasteiger partial charge in [0.15, 0.2) is 0 Å². The number of hydrogen-bond donors (Lipinski definition) is 1. The minimum Gasteiger partial charge on any atom is -0.349 e. The molecule has 2 saturated carbocycles. The van der Waals surface area contributed by atoms with Gasteiger partial charge in [0.2, 0.25) is 5.91 Å². The zero-order chi connectivity index (χ0) is 16.0. The van der Waals surface area contributed by atoms with Crippen molar-refractivity contribution >= 4 is 5.91 Å². The normalized spacial score (nSPS) is 26.6. The van der Waals surface area contributed by atoms with Crippen LogP contribution in [0.25, 0.3) is 5.69 Å². The molecule has 23 heavy (non-hydrogen) atoms. The summed E-state index contributed by atoms with van der Waals surface area (Å²) in [6.07, 6.45) is 7.57. The van der Waals surface area contributed by atoms with Gasteiger partial charge in [0.05, 0.1) is 6.04 Å². The minimum absolute atomic E-state index is 0.0572. The molecule has 2 aliphatic rings. The average molecular weight is 309 g/mol. The van der Waals surface area contributed by atoms with Crippen molar-refractivity contribution in [2.45, 2.75) is 39.2 Å². The van der Waals surface area contributed by atoms with Crippen LogP contribution in [-0.4, -0.2) is 15.5 Å². The lowest BCUT2D eigenvalue weighted by atomic mass is 10.1. The summed E-state index contributed by atoms with van der Waals surface area (Å²) in [5.41, 5.74) is 2.24. The minimum atomic E-state index is 0.0572. The number of imidazole rings is 1. The number of carbonyl (C=O) groups is 1. The van der Waals surface area contributed by atoms with Crippen molar-refractivity contribution in [2.75, 3.05) is 0 Å². The van der Waals surface area contributed by atoms with E-state index in [-0.39, 0.29) is 11.9 Å². The molecule has 4 nitrogen and oxygen atoms in total. The Hall–Kier alpha value is -2.10. The molecule has 0 spiro atoms. The number of nitrogens with zero attached hydrogens (tertiary/aromatic N) is 2. The van der Waals surface area contributed by atoms with Crippen molar-refractivity contribution in [3.63, 3.8) is 0 Å². The Morgan fingerprint density at radius 1 is 1.26 bits per heavy atom. The highest BCUT2D eigenvalue weighted by Crippen LogP contribution is 2.57. The second-order valence-electron chi connectivity index (χ2n) is 6.95. The Morgan fingerprint density at radius 2 is 1.96 bits per heavy atom. The smallest absolute Gasteiger partial charge is 0.224 e. The number of benzene rings is 1. The maximum absolute atomic E-state index is 12.4. The van der Waals surface area contributed by atoms with Gasteiger partial charge in [0, 0.05) is 24.0 Å². The summed E-state index contributed by atoms with van der Waals surface area (Å²) in [6, 6.07) is 8.40. The molecule has 4 rings (SSSR count). The first-order valence-corrected chi connectivity index (χ1v) is 8.56. The summed E-state index contributed by atoms with van der Waals surface area (Å²) in [6.45, 7) is 4.05. The topological polar surface area (TPSA) is 46.9 Å². The highest BCUT2D eigenvalue weighted by Gasteiger charge is 2.56. The van der Waals surface area contributed by atoms with E-state index in [0.29, 0.717) is 17.8 Å². The van der Waals surface area contributed by atoms with Crippen LogP contribution >= 0.6 is 0 Å². The highest BCUT2D eigenvalue weighted by atomic mass is 16.2. The van der Waals surface area contributed by atoms with E-state index in [1.165, 1.54) is 19.3 Å². The van der Waals surface area contributed by atoms with Crippen LogP contribution in [0.2, 0.25) is 0 Å².